The summed E-state index contributed by atoms with van der Waals surface area (Å²) in [5.41, 5.74) is 9.55. The van der Waals surface area contributed by atoms with Gasteiger partial charge >= 0.3 is 0 Å². The second-order valence-corrected chi connectivity index (χ2v) is 6.15. The van der Waals surface area contributed by atoms with Crippen molar-refractivity contribution in [3.8, 4) is 5.75 Å². The zero-order chi connectivity index (χ0) is 17.5. The van der Waals surface area contributed by atoms with Crippen molar-refractivity contribution in [1.29, 1.82) is 0 Å². The fourth-order valence-corrected chi connectivity index (χ4v) is 3.19. The third-order valence-electron chi connectivity index (χ3n) is 4.33. The van der Waals surface area contributed by atoms with Crippen LogP contribution in [0.5, 0.6) is 5.75 Å². The second kappa shape index (κ2) is 8.47. The molecule has 3 N–H and O–H groups in total. The second-order valence-electron chi connectivity index (χ2n) is 6.15. The topological polar surface area (TPSA) is 49.5 Å². The first-order chi connectivity index (χ1) is 12.3. The van der Waals surface area contributed by atoms with Crippen LogP contribution in [0.3, 0.4) is 0 Å². The number of benzene rings is 3. The van der Waals surface area contributed by atoms with Crippen LogP contribution in [0, 0.1) is 0 Å². The third kappa shape index (κ3) is 4.47. The predicted octanol–water partition coefficient (Wildman–Crippen LogP) is 3.94. The Kier molecular flexibility index (Phi) is 5.83. The molecule has 3 aromatic rings. The molecular formula is C22H24N2O. The Balaban J connectivity index is 1.99. The summed E-state index contributed by atoms with van der Waals surface area (Å²) in [7, 11) is 0. The van der Waals surface area contributed by atoms with Gasteiger partial charge in [-0.05, 0) is 28.8 Å². The van der Waals surface area contributed by atoms with Gasteiger partial charge in [-0.3, -0.25) is 4.90 Å². The number of nitrogens with two attached hydrogens (primary N) is 1. The zero-order valence-electron chi connectivity index (χ0n) is 14.3. The van der Waals surface area contributed by atoms with Gasteiger partial charge in [0.15, 0.2) is 0 Å². The maximum absolute atomic E-state index is 9.65. The summed E-state index contributed by atoms with van der Waals surface area (Å²) < 4.78 is 0. The van der Waals surface area contributed by atoms with Crippen molar-refractivity contribution in [3.63, 3.8) is 0 Å². The van der Waals surface area contributed by atoms with Crippen LogP contribution in [0.15, 0.2) is 84.9 Å². The maximum atomic E-state index is 9.65. The van der Waals surface area contributed by atoms with Crippen molar-refractivity contribution in [2.75, 3.05) is 13.1 Å². The monoisotopic (exact) mass is 332 g/mol. The molecule has 0 aliphatic heterocycles. The quantitative estimate of drug-likeness (QED) is 0.689. The molecule has 0 saturated carbocycles. The highest BCUT2D eigenvalue weighted by Crippen LogP contribution is 2.30. The number of rotatable bonds is 7. The molecule has 0 bridgehead atoms. The number of nitrogens with zero attached hydrogens (tertiary/aromatic N) is 1. The van der Waals surface area contributed by atoms with E-state index in [4.69, 9.17) is 5.73 Å². The van der Waals surface area contributed by atoms with Crippen LogP contribution in [0.4, 0.5) is 0 Å². The average molecular weight is 332 g/mol. The van der Waals surface area contributed by atoms with Crippen LogP contribution in [0.25, 0.3) is 0 Å². The normalized spacial score (nSPS) is 12.2. The van der Waals surface area contributed by atoms with E-state index >= 15 is 0 Å². The first-order valence-corrected chi connectivity index (χ1v) is 8.60. The van der Waals surface area contributed by atoms with Crippen LogP contribution in [-0.2, 0) is 6.54 Å². The van der Waals surface area contributed by atoms with Crippen LogP contribution in [0.1, 0.15) is 22.7 Å². The largest absolute Gasteiger partial charge is 0.508 e. The van der Waals surface area contributed by atoms with Gasteiger partial charge < -0.3 is 10.8 Å². The third-order valence-corrected chi connectivity index (χ3v) is 4.33. The standard InChI is InChI=1S/C22H24N2O/c23-15-16-24(17-18-7-3-1-4-8-18)22(19-9-5-2-6-10-19)20-11-13-21(25)14-12-20/h1-14,22,25H,15-17,23H2. The Labute approximate surface area is 149 Å². The van der Waals surface area contributed by atoms with E-state index < -0.39 is 0 Å². The Hall–Kier alpha value is -2.62. The van der Waals surface area contributed by atoms with Gasteiger partial charge in [0.2, 0.25) is 0 Å². The van der Waals surface area contributed by atoms with E-state index in [0.717, 1.165) is 18.7 Å². The first-order valence-electron chi connectivity index (χ1n) is 8.60. The Bertz CT molecular complexity index is 757. The van der Waals surface area contributed by atoms with Gasteiger partial charge in [0.05, 0.1) is 6.04 Å². The molecule has 3 heteroatoms. The van der Waals surface area contributed by atoms with Crippen LogP contribution in [0.2, 0.25) is 0 Å². The summed E-state index contributed by atoms with van der Waals surface area (Å²) in [4.78, 5) is 2.39. The minimum atomic E-state index is 0.0885. The fourth-order valence-electron chi connectivity index (χ4n) is 3.19. The Morgan fingerprint density at radius 2 is 1.32 bits per heavy atom. The molecule has 0 heterocycles. The highest BCUT2D eigenvalue weighted by atomic mass is 16.3. The van der Waals surface area contributed by atoms with Gasteiger partial charge in [0.1, 0.15) is 5.75 Å². The van der Waals surface area contributed by atoms with Gasteiger partial charge in [-0.1, -0.05) is 72.8 Å². The van der Waals surface area contributed by atoms with E-state index in [1.165, 1.54) is 11.1 Å². The lowest BCUT2D eigenvalue weighted by atomic mass is 9.96. The molecule has 0 aromatic heterocycles. The van der Waals surface area contributed by atoms with Gasteiger partial charge in [0.25, 0.3) is 0 Å². The summed E-state index contributed by atoms with van der Waals surface area (Å²) in [5.74, 6) is 0.281. The van der Waals surface area contributed by atoms with Crippen molar-refractivity contribution < 1.29 is 5.11 Å². The van der Waals surface area contributed by atoms with E-state index in [2.05, 4.69) is 53.4 Å². The number of hydrogen-bond donors (Lipinski definition) is 2. The smallest absolute Gasteiger partial charge is 0.115 e. The summed E-state index contributed by atoms with van der Waals surface area (Å²) in [6.07, 6.45) is 0. The van der Waals surface area contributed by atoms with Crippen LogP contribution >= 0.6 is 0 Å². The van der Waals surface area contributed by atoms with Crippen LogP contribution < -0.4 is 5.73 Å². The lowest BCUT2D eigenvalue weighted by Gasteiger charge is -2.32. The lowest BCUT2D eigenvalue weighted by molar-refractivity contribution is 0.222. The number of aromatic hydroxyl groups is 1. The van der Waals surface area contributed by atoms with Crippen molar-refractivity contribution >= 4 is 0 Å². The molecule has 3 aromatic carbocycles. The molecule has 0 radical (unpaired) electrons. The molecule has 0 aliphatic rings. The predicted molar refractivity (Wildman–Crippen MR) is 102 cm³/mol. The molecule has 0 aliphatic carbocycles. The summed E-state index contributed by atoms with van der Waals surface area (Å²) in [5, 5.41) is 9.65. The minimum Gasteiger partial charge on any atom is -0.508 e. The van der Waals surface area contributed by atoms with Gasteiger partial charge in [-0.2, -0.15) is 0 Å². The van der Waals surface area contributed by atoms with E-state index in [-0.39, 0.29) is 11.8 Å². The fraction of sp³-hybridized carbons (Fsp3) is 0.182. The SMILES string of the molecule is NCCN(Cc1ccccc1)C(c1ccccc1)c1ccc(O)cc1. The van der Waals surface area contributed by atoms with Crippen molar-refractivity contribution in [2.24, 2.45) is 5.73 Å². The molecule has 0 fully saturated rings. The molecule has 1 atom stereocenters. The molecule has 25 heavy (non-hydrogen) atoms. The van der Waals surface area contributed by atoms with Crippen molar-refractivity contribution in [1.82, 2.24) is 4.90 Å². The molecule has 0 saturated heterocycles. The van der Waals surface area contributed by atoms with E-state index in [1.54, 1.807) is 12.1 Å². The van der Waals surface area contributed by atoms with Gasteiger partial charge in [0, 0.05) is 19.6 Å². The van der Waals surface area contributed by atoms with E-state index in [0.29, 0.717) is 6.54 Å². The number of phenols is 1. The van der Waals surface area contributed by atoms with Gasteiger partial charge in [-0.25, -0.2) is 0 Å². The summed E-state index contributed by atoms with van der Waals surface area (Å²) in [6, 6.07) is 28.4. The number of phenolic OH excluding ortho intramolecular Hbond substituents is 1. The first kappa shape index (κ1) is 17.2. The molecule has 1 unspecified atom stereocenters. The minimum absolute atomic E-state index is 0.0885. The van der Waals surface area contributed by atoms with Crippen molar-refractivity contribution in [3.05, 3.63) is 102 Å². The van der Waals surface area contributed by atoms with E-state index in [1.807, 2.05) is 24.3 Å². The summed E-state index contributed by atoms with van der Waals surface area (Å²) in [6.45, 7) is 2.20. The average Bonchev–Trinajstić information content (AvgIpc) is 2.65. The molecule has 0 amide bonds. The molecule has 128 valence electrons. The van der Waals surface area contributed by atoms with Gasteiger partial charge in [-0.15, -0.1) is 0 Å². The zero-order valence-corrected chi connectivity index (χ0v) is 14.3. The molecular weight excluding hydrogens is 308 g/mol. The lowest BCUT2D eigenvalue weighted by Crippen LogP contribution is -2.33. The Morgan fingerprint density at radius 3 is 1.92 bits per heavy atom. The highest BCUT2D eigenvalue weighted by molar-refractivity contribution is 5.35. The van der Waals surface area contributed by atoms with E-state index in [9.17, 15) is 5.11 Å². The molecule has 3 nitrogen and oxygen atoms in total. The molecule has 0 spiro atoms. The highest BCUT2D eigenvalue weighted by Gasteiger charge is 2.22. The Morgan fingerprint density at radius 1 is 0.760 bits per heavy atom. The van der Waals surface area contributed by atoms with Crippen molar-refractivity contribution in [2.45, 2.75) is 12.6 Å². The number of hydrogen-bond acceptors (Lipinski definition) is 3. The summed E-state index contributed by atoms with van der Waals surface area (Å²) >= 11 is 0. The maximum Gasteiger partial charge on any atom is 0.115 e. The van der Waals surface area contributed by atoms with Crippen LogP contribution in [-0.4, -0.2) is 23.1 Å². The molecule has 3 rings (SSSR count).